The molecule has 0 bridgehead atoms. The van der Waals surface area contributed by atoms with Crippen LogP contribution in [-0.4, -0.2) is 30.4 Å². The molecule has 0 aromatic rings. The van der Waals surface area contributed by atoms with Gasteiger partial charge in [0.1, 0.15) is 0 Å². The van der Waals surface area contributed by atoms with Crippen molar-refractivity contribution in [2.45, 2.75) is 33.2 Å². The van der Waals surface area contributed by atoms with Crippen molar-refractivity contribution in [2.24, 2.45) is 5.92 Å². The molecule has 0 saturated carbocycles. The van der Waals surface area contributed by atoms with E-state index in [1.165, 1.54) is 6.42 Å². The molecule has 1 nitrogen and oxygen atoms in total. The molecule has 0 amide bonds. The van der Waals surface area contributed by atoms with Gasteiger partial charge in [-0.05, 0) is 26.3 Å². The lowest BCUT2D eigenvalue weighted by molar-refractivity contribution is 0.227. The van der Waals surface area contributed by atoms with Crippen LogP contribution >= 0.6 is 11.6 Å². The molecule has 0 aliphatic carbocycles. The molecule has 0 heterocycles. The van der Waals surface area contributed by atoms with E-state index in [0.717, 1.165) is 12.4 Å². The molecule has 0 aliphatic rings. The Bertz CT molecular complexity index is 95.6. The quantitative estimate of drug-likeness (QED) is 0.584. The maximum absolute atomic E-state index is 5.72. The highest BCUT2D eigenvalue weighted by Crippen LogP contribution is 2.05. The van der Waals surface area contributed by atoms with Crippen molar-refractivity contribution in [3.05, 3.63) is 0 Å². The summed E-state index contributed by atoms with van der Waals surface area (Å²) in [7, 11) is 2.16. The predicted molar refractivity (Wildman–Crippen MR) is 52.3 cm³/mol. The number of rotatable bonds is 5. The number of hydrogen-bond acceptors (Lipinski definition) is 1. The largest absolute Gasteiger partial charge is 0.303 e. The lowest BCUT2D eigenvalue weighted by atomic mass is 10.1. The topological polar surface area (TPSA) is 3.24 Å². The van der Waals surface area contributed by atoms with Gasteiger partial charge >= 0.3 is 0 Å². The zero-order chi connectivity index (χ0) is 8.85. The first-order chi connectivity index (χ1) is 5.11. The number of nitrogens with zero attached hydrogens (tertiary/aromatic N) is 1. The van der Waals surface area contributed by atoms with Gasteiger partial charge in [-0.1, -0.05) is 13.8 Å². The smallest absolute Gasteiger partial charge is 0.0261 e. The van der Waals surface area contributed by atoms with Crippen molar-refractivity contribution >= 4 is 11.6 Å². The van der Waals surface area contributed by atoms with E-state index in [0.29, 0.717) is 12.0 Å². The molecule has 11 heavy (non-hydrogen) atoms. The molecule has 68 valence electrons. The van der Waals surface area contributed by atoms with Gasteiger partial charge in [-0.2, -0.15) is 0 Å². The fourth-order valence-electron chi connectivity index (χ4n) is 1.03. The van der Waals surface area contributed by atoms with Crippen LogP contribution in [0.2, 0.25) is 0 Å². The molecule has 0 fully saturated rings. The first-order valence-electron chi connectivity index (χ1n) is 4.38. The monoisotopic (exact) mass is 177 g/mol. The van der Waals surface area contributed by atoms with Gasteiger partial charge in [0.25, 0.3) is 0 Å². The minimum Gasteiger partial charge on any atom is -0.303 e. The highest BCUT2D eigenvalue weighted by atomic mass is 35.5. The summed E-state index contributed by atoms with van der Waals surface area (Å²) >= 11 is 5.72. The third-order valence-electron chi connectivity index (χ3n) is 2.21. The van der Waals surface area contributed by atoms with Crippen LogP contribution in [0.25, 0.3) is 0 Å². The summed E-state index contributed by atoms with van der Waals surface area (Å²) in [5, 5.41) is 0. The van der Waals surface area contributed by atoms with Crippen molar-refractivity contribution in [1.82, 2.24) is 4.90 Å². The number of hydrogen-bond donors (Lipinski definition) is 0. The Balaban J connectivity index is 3.58. The average molecular weight is 178 g/mol. The first-order valence-corrected chi connectivity index (χ1v) is 4.91. The Morgan fingerprint density at radius 1 is 1.36 bits per heavy atom. The molecular formula is C9H20ClN. The van der Waals surface area contributed by atoms with E-state index in [2.05, 4.69) is 32.7 Å². The molecule has 2 atom stereocenters. The molecule has 2 heteroatoms. The Labute approximate surface area is 75.7 Å². The standard InChI is InChI=1S/C9H20ClN/c1-5-9(3)11(4)7-8(2)6-10/h8-9H,5-7H2,1-4H3. The highest BCUT2D eigenvalue weighted by Gasteiger charge is 2.09. The van der Waals surface area contributed by atoms with E-state index < -0.39 is 0 Å². The summed E-state index contributed by atoms with van der Waals surface area (Å²) in [5.41, 5.74) is 0. The second kappa shape index (κ2) is 5.84. The van der Waals surface area contributed by atoms with E-state index in [4.69, 9.17) is 11.6 Å². The Kier molecular flexibility index (Phi) is 5.98. The summed E-state index contributed by atoms with van der Waals surface area (Å²) in [6, 6.07) is 0.681. The van der Waals surface area contributed by atoms with Crippen LogP contribution in [0.15, 0.2) is 0 Å². The molecule has 0 N–H and O–H groups in total. The van der Waals surface area contributed by atoms with E-state index in [-0.39, 0.29) is 0 Å². The van der Waals surface area contributed by atoms with Crippen LogP contribution in [0.3, 0.4) is 0 Å². The van der Waals surface area contributed by atoms with Gasteiger partial charge < -0.3 is 4.90 Å². The molecular weight excluding hydrogens is 158 g/mol. The summed E-state index contributed by atoms with van der Waals surface area (Å²) in [6.07, 6.45) is 1.21. The zero-order valence-electron chi connectivity index (χ0n) is 8.10. The van der Waals surface area contributed by atoms with E-state index in [1.54, 1.807) is 0 Å². The fraction of sp³-hybridized carbons (Fsp3) is 1.00. The molecule has 0 spiro atoms. The summed E-state index contributed by atoms with van der Waals surface area (Å²) < 4.78 is 0. The van der Waals surface area contributed by atoms with Crippen molar-refractivity contribution < 1.29 is 0 Å². The molecule has 0 radical (unpaired) electrons. The molecule has 0 saturated heterocycles. The lowest BCUT2D eigenvalue weighted by Crippen LogP contribution is -2.32. The second-order valence-electron chi connectivity index (χ2n) is 3.46. The van der Waals surface area contributed by atoms with Crippen LogP contribution < -0.4 is 0 Å². The minimum absolute atomic E-state index is 0.607. The average Bonchev–Trinajstić information content (AvgIpc) is 2.02. The summed E-state index contributed by atoms with van der Waals surface area (Å²) in [6.45, 7) is 7.76. The van der Waals surface area contributed by atoms with Crippen LogP contribution in [0, 0.1) is 5.92 Å². The molecule has 0 aromatic carbocycles. The lowest BCUT2D eigenvalue weighted by Gasteiger charge is -2.25. The van der Waals surface area contributed by atoms with Crippen molar-refractivity contribution in [3.8, 4) is 0 Å². The normalized spacial score (nSPS) is 16.9. The molecule has 0 aliphatic heterocycles. The van der Waals surface area contributed by atoms with Crippen LogP contribution in [0.4, 0.5) is 0 Å². The van der Waals surface area contributed by atoms with Crippen molar-refractivity contribution in [3.63, 3.8) is 0 Å². The van der Waals surface area contributed by atoms with Crippen LogP contribution in [0.1, 0.15) is 27.2 Å². The van der Waals surface area contributed by atoms with Gasteiger partial charge in [0, 0.05) is 18.5 Å². The zero-order valence-corrected chi connectivity index (χ0v) is 8.86. The molecule has 0 aromatic heterocycles. The Hall–Kier alpha value is 0.250. The van der Waals surface area contributed by atoms with E-state index >= 15 is 0 Å². The molecule has 2 unspecified atom stereocenters. The van der Waals surface area contributed by atoms with E-state index in [9.17, 15) is 0 Å². The van der Waals surface area contributed by atoms with Crippen molar-refractivity contribution in [1.29, 1.82) is 0 Å². The number of alkyl halides is 1. The van der Waals surface area contributed by atoms with Gasteiger partial charge in [-0.15, -0.1) is 11.6 Å². The maximum Gasteiger partial charge on any atom is 0.0261 e. The molecule has 0 rings (SSSR count). The minimum atomic E-state index is 0.607. The van der Waals surface area contributed by atoms with Gasteiger partial charge in [-0.25, -0.2) is 0 Å². The van der Waals surface area contributed by atoms with Gasteiger partial charge in [0.05, 0.1) is 0 Å². The van der Waals surface area contributed by atoms with E-state index in [1.807, 2.05) is 0 Å². The predicted octanol–water partition coefficient (Wildman–Crippen LogP) is 2.59. The van der Waals surface area contributed by atoms with Crippen LogP contribution in [-0.2, 0) is 0 Å². The summed E-state index contributed by atoms with van der Waals surface area (Å²) in [4.78, 5) is 2.37. The SMILES string of the molecule is CCC(C)N(C)CC(C)CCl. The maximum atomic E-state index is 5.72. The van der Waals surface area contributed by atoms with Gasteiger partial charge in [-0.3, -0.25) is 0 Å². The fourth-order valence-corrected chi connectivity index (χ4v) is 1.13. The van der Waals surface area contributed by atoms with Crippen molar-refractivity contribution in [2.75, 3.05) is 19.5 Å². The third kappa shape index (κ3) is 4.65. The van der Waals surface area contributed by atoms with Gasteiger partial charge in [0.15, 0.2) is 0 Å². The summed E-state index contributed by atoms with van der Waals surface area (Å²) in [5.74, 6) is 1.37. The van der Waals surface area contributed by atoms with Gasteiger partial charge in [0.2, 0.25) is 0 Å². The Morgan fingerprint density at radius 3 is 2.27 bits per heavy atom. The number of halogens is 1. The van der Waals surface area contributed by atoms with Crippen LogP contribution in [0.5, 0.6) is 0 Å². The third-order valence-corrected chi connectivity index (χ3v) is 2.73. The second-order valence-corrected chi connectivity index (χ2v) is 3.76. The first kappa shape index (κ1) is 11.2. The Morgan fingerprint density at radius 2 is 1.91 bits per heavy atom. The highest BCUT2D eigenvalue weighted by molar-refractivity contribution is 6.18.